The lowest BCUT2D eigenvalue weighted by Crippen LogP contribution is -2.44. The maximum absolute atomic E-state index is 5.07. The fourth-order valence-corrected chi connectivity index (χ4v) is 3.44. The topological polar surface area (TPSA) is 75.3 Å². The highest BCUT2D eigenvalue weighted by molar-refractivity contribution is 14.0. The highest BCUT2D eigenvalue weighted by atomic mass is 127. The first-order chi connectivity index (χ1) is 9.61. The average Bonchev–Trinajstić information content (AvgIpc) is 3.03. The van der Waals surface area contributed by atoms with Gasteiger partial charge < -0.3 is 15.2 Å². The van der Waals surface area contributed by atoms with Gasteiger partial charge in [0.1, 0.15) is 0 Å². The van der Waals surface area contributed by atoms with Gasteiger partial charge >= 0.3 is 0 Å². The van der Waals surface area contributed by atoms with Crippen LogP contribution in [0.25, 0.3) is 0 Å². The van der Waals surface area contributed by atoms with Crippen molar-refractivity contribution in [1.82, 2.24) is 20.8 Å². The van der Waals surface area contributed by atoms with Crippen LogP contribution in [0.1, 0.15) is 31.5 Å². The van der Waals surface area contributed by atoms with Gasteiger partial charge in [-0.15, -0.1) is 24.0 Å². The normalized spacial score (nSPS) is 22.0. The van der Waals surface area contributed by atoms with Crippen molar-refractivity contribution in [1.29, 1.82) is 0 Å². The zero-order chi connectivity index (χ0) is 14.4. The number of guanidine groups is 1. The number of aromatic nitrogens is 2. The Labute approximate surface area is 147 Å². The summed E-state index contributed by atoms with van der Waals surface area (Å²) in [6, 6.07) is 0. The van der Waals surface area contributed by atoms with Crippen molar-refractivity contribution in [3.05, 3.63) is 11.7 Å². The van der Waals surface area contributed by atoms with E-state index in [2.05, 4.69) is 32.7 Å². The van der Waals surface area contributed by atoms with Gasteiger partial charge in [0.05, 0.1) is 0 Å². The zero-order valence-corrected chi connectivity index (χ0v) is 16.0. The Balaban J connectivity index is 0.00000220. The van der Waals surface area contributed by atoms with Crippen LogP contribution in [-0.2, 0) is 6.42 Å². The number of aliphatic imine (C=N–C) groups is 1. The molecule has 0 aromatic carbocycles. The van der Waals surface area contributed by atoms with E-state index < -0.39 is 0 Å². The molecule has 0 aliphatic carbocycles. The molecule has 1 aromatic heterocycles. The molecule has 2 rings (SSSR count). The van der Waals surface area contributed by atoms with Crippen LogP contribution in [0.3, 0.4) is 0 Å². The number of thioether (sulfide) groups is 1. The first-order valence-electron chi connectivity index (χ1n) is 6.99. The molecule has 0 bridgehead atoms. The van der Waals surface area contributed by atoms with E-state index in [0.29, 0.717) is 22.9 Å². The van der Waals surface area contributed by atoms with Crippen LogP contribution in [0.5, 0.6) is 0 Å². The van der Waals surface area contributed by atoms with E-state index in [1.54, 1.807) is 7.05 Å². The molecule has 21 heavy (non-hydrogen) atoms. The quantitative estimate of drug-likeness (QED) is 0.427. The van der Waals surface area contributed by atoms with Gasteiger partial charge in [-0.1, -0.05) is 5.16 Å². The van der Waals surface area contributed by atoms with Gasteiger partial charge in [-0.05, 0) is 32.4 Å². The highest BCUT2D eigenvalue weighted by Crippen LogP contribution is 2.36. The number of nitrogens with zero attached hydrogens (tertiary/aromatic N) is 3. The molecule has 1 atom stereocenters. The molecule has 0 amide bonds. The van der Waals surface area contributed by atoms with Crippen LogP contribution in [0, 0.1) is 6.92 Å². The number of nitrogens with one attached hydrogen (secondary N) is 2. The van der Waals surface area contributed by atoms with Crippen molar-refractivity contribution < 1.29 is 4.52 Å². The van der Waals surface area contributed by atoms with Gasteiger partial charge in [0.2, 0.25) is 5.89 Å². The van der Waals surface area contributed by atoms with Gasteiger partial charge in [0.15, 0.2) is 11.8 Å². The van der Waals surface area contributed by atoms with E-state index in [-0.39, 0.29) is 24.0 Å². The molecule has 8 heteroatoms. The van der Waals surface area contributed by atoms with Crippen molar-refractivity contribution in [2.75, 3.05) is 25.9 Å². The molecular weight excluding hydrogens is 401 g/mol. The predicted molar refractivity (Wildman–Crippen MR) is 97.6 cm³/mol. The lowest BCUT2D eigenvalue weighted by atomic mass is 10.1. The number of hydrogen-bond acceptors (Lipinski definition) is 5. The smallest absolute Gasteiger partial charge is 0.228 e. The van der Waals surface area contributed by atoms with Crippen molar-refractivity contribution in [2.24, 2.45) is 4.99 Å². The van der Waals surface area contributed by atoms with E-state index >= 15 is 0 Å². The molecule has 2 N–H and O–H groups in total. The number of rotatable bonds is 5. The van der Waals surface area contributed by atoms with Gasteiger partial charge in [-0.3, -0.25) is 4.99 Å². The van der Waals surface area contributed by atoms with Gasteiger partial charge in [-0.25, -0.2) is 0 Å². The highest BCUT2D eigenvalue weighted by Gasteiger charge is 2.29. The Bertz CT molecular complexity index is 459. The zero-order valence-electron chi connectivity index (χ0n) is 12.8. The van der Waals surface area contributed by atoms with Crippen LogP contribution in [0.2, 0.25) is 0 Å². The lowest BCUT2D eigenvalue weighted by Gasteiger charge is -2.24. The van der Waals surface area contributed by atoms with E-state index in [4.69, 9.17) is 4.52 Å². The summed E-state index contributed by atoms with van der Waals surface area (Å²) in [6.07, 6.45) is 3.28. The Morgan fingerprint density at radius 2 is 2.29 bits per heavy atom. The summed E-state index contributed by atoms with van der Waals surface area (Å²) in [4.78, 5) is 8.41. The van der Waals surface area contributed by atoms with Crippen molar-refractivity contribution >= 4 is 41.7 Å². The average molecular weight is 425 g/mol. The monoisotopic (exact) mass is 425 g/mol. The maximum atomic E-state index is 5.07. The molecule has 1 unspecified atom stereocenters. The Morgan fingerprint density at radius 1 is 1.48 bits per heavy atom. The second-order valence-corrected chi connectivity index (χ2v) is 6.92. The summed E-state index contributed by atoms with van der Waals surface area (Å²) >= 11 is 2.04. The van der Waals surface area contributed by atoms with Crippen molar-refractivity contribution in [3.63, 3.8) is 0 Å². The largest absolute Gasteiger partial charge is 0.356 e. The van der Waals surface area contributed by atoms with Crippen LogP contribution in [-0.4, -0.2) is 46.7 Å². The molecule has 2 heterocycles. The summed E-state index contributed by atoms with van der Waals surface area (Å²) in [5.41, 5.74) is 0. The van der Waals surface area contributed by atoms with E-state index in [9.17, 15) is 0 Å². The number of aryl methyl sites for hydroxylation is 1. The van der Waals surface area contributed by atoms with Crippen LogP contribution >= 0.6 is 35.7 Å². The predicted octanol–water partition coefficient (Wildman–Crippen LogP) is 1.99. The Morgan fingerprint density at radius 3 is 2.86 bits per heavy atom. The second kappa shape index (κ2) is 8.82. The summed E-state index contributed by atoms with van der Waals surface area (Å²) in [5.74, 6) is 3.42. The van der Waals surface area contributed by atoms with Crippen LogP contribution < -0.4 is 10.6 Å². The third kappa shape index (κ3) is 6.01. The molecule has 1 saturated heterocycles. The molecule has 0 saturated carbocycles. The standard InChI is InChI=1S/C13H23N5OS.HI/c1-10-17-11(19-18-10)5-7-15-12(14-3)16-9-13(2)6-4-8-20-13;/h4-9H2,1-3H3,(H2,14,15,16);1H. The summed E-state index contributed by atoms with van der Waals surface area (Å²) in [6.45, 7) is 5.80. The molecule has 0 radical (unpaired) electrons. The minimum absolute atomic E-state index is 0. The molecule has 1 aliphatic rings. The first-order valence-corrected chi connectivity index (χ1v) is 7.97. The minimum atomic E-state index is 0. The van der Waals surface area contributed by atoms with Gasteiger partial charge in [0, 0.05) is 31.3 Å². The van der Waals surface area contributed by atoms with E-state index in [0.717, 1.165) is 19.0 Å². The van der Waals surface area contributed by atoms with Gasteiger partial charge in [-0.2, -0.15) is 16.7 Å². The van der Waals surface area contributed by atoms with Crippen molar-refractivity contribution in [3.8, 4) is 0 Å². The van der Waals surface area contributed by atoms with Crippen molar-refractivity contribution in [2.45, 2.75) is 37.9 Å². The summed E-state index contributed by atoms with van der Waals surface area (Å²) in [5, 5.41) is 10.4. The number of hydrogen-bond donors (Lipinski definition) is 2. The minimum Gasteiger partial charge on any atom is -0.356 e. The molecule has 1 aliphatic heterocycles. The third-order valence-electron chi connectivity index (χ3n) is 3.35. The second-order valence-electron chi connectivity index (χ2n) is 5.24. The van der Waals surface area contributed by atoms with E-state index in [1.807, 2.05) is 18.7 Å². The lowest BCUT2D eigenvalue weighted by molar-refractivity contribution is 0.374. The Hall–Kier alpha value is -0.510. The van der Waals surface area contributed by atoms with E-state index in [1.165, 1.54) is 18.6 Å². The number of halogens is 1. The maximum Gasteiger partial charge on any atom is 0.228 e. The molecule has 6 nitrogen and oxygen atoms in total. The fourth-order valence-electron chi connectivity index (χ4n) is 2.20. The van der Waals surface area contributed by atoms with Crippen LogP contribution in [0.4, 0.5) is 0 Å². The molecule has 1 fully saturated rings. The SMILES string of the molecule is CN=C(NCCc1nc(C)no1)NCC1(C)CCCS1.I. The molecule has 120 valence electrons. The molecule has 1 aromatic rings. The summed E-state index contributed by atoms with van der Waals surface area (Å²) in [7, 11) is 1.79. The Kier molecular flexibility index (Phi) is 7.78. The molecule has 0 spiro atoms. The van der Waals surface area contributed by atoms with Gasteiger partial charge in [0.25, 0.3) is 0 Å². The molecular formula is C13H24IN5OS. The third-order valence-corrected chi connectivity index (χ3v) is 4.89. The summed E-state index contributed by atoms with van der Waals surface area (Å²) < 4.78 is 5.41. The van der Waals surface area contributed by atoms with Crippen LogP contribution in [0.15, 0.2) is 9.52 Å². The fraction of sp³-hybridized carbons (Fsp3) is 0.769. The first kappa shape index (κ1) is 18.5.